The number of phenolic OH excluding ortho intramolecular Hbond substituents is 1. The van der Waals surface area contributed by atoms with Gasteiger partial charge in [0.1, 0.15) is 5.75 Å². The van der Waals surface area contributed by atoms with Gasteiger partial charge in [-0.2, -0.15) is 0 Å². The van der Waals surface area contributed by atoms with Crippen molar-refractivity contribution >= 4 is 23.0 Å². The maximum absolute atomic E-state index is 10.4. The molecule has 0 bridgehead atoms. The van der Waals surface area contributed by atoms with E-state index in [4.69, 9.17) is 12.2 Å². The van der Waals surface area contributed by atoms with Gasteiger partial charge in [0, 0.05) is 25.6 Å². The van der Waals surface area contributed by atoms with Crippen LogP contribution in [0, 0.1) is 0 Å². The van der Waals surface area contributed by atoms with Crippen molar-refractivity contribution in [3.05, 3.63) is 78.4 Å². The van der Waals surface area contributed by atoms with Crippen molar-refractivity contribution in [3.8, 4) is 5.75 Å². The molecule has 25 heavy (non-hydrogen) atoms. The number of rotatable bonds is 3. The maximum Gasteiger partial charge on any atom is 0.174 e. The number of hydrogen-bond acceptors (Lipinski definition) is 3. The standard InChI is InChI=1S/C19H18N4OS/c1-22-11-9-13(12-22)18-17(14-6-4-5-10-20-14)21-19(25)23(18)15-7-2-3-8-16(15)24/h2-12,17-18,24H,1H3,(H,21,25)/t17-,18-/m0/s1. The Bertz CT molecular complexity index is 909. The topological polar surface area (TPSA) is 53.3 Å². The highest BCUT2D eigenvalue weighted by Crippen LogP contribution is 2.43. The number of aromatic hydroxyl groups is 1. The number of benzene rings is 1. The zero-order chi connectivity index (χ0) is 17.4. The van der Waals surface area contributed by atoms with Crippen LogP contribution >= 0.6 is 12.2 Å². The normalized spacial score (nSPS) is 19.9. The van der Waals surface area contributed by atoms with Gasteiger partial charge in [-0.15, -0.1) is 0 Å². The van der Waals surface area contributed by atoms with Crippen molar-refractivity contribution in [2.24, 2.45) is 7.05 Å². The first-order valence-electron chi connectivity index (χ1n) is 8.05. The monoisotopic (exact) mass is 350 g/mol. The van der Waals surface area contributed by atoms with Gasteiger partial charge in [-0.1, -0.05) is 18.2 Å². The number of anilines is 1. The first-order chi connectivity index (χ1) is 12.1. The van der Waals surface area contributed by atoms with Gasteiger partial charge in [-0.05, 0) is 48.1 Å². The minimum atomic E-state index is -0.101. The number of nitrogens with zero attached hydrogens (tertiary/aromatic N) is 3. The highest BCUT2D eigenvalue weighted by molar-refractivity contribution is 7.80. The zero-order valence-electron chi connectivity index (χ0n) is 13.7. The van der Waals surface area contributed by atoms with E-state index in [9.17, 15) is 5.11 Å². The highest BCUT2D eigenvalue weighted by atomic mass is 32.1. The fourth-order valence-corrected chi connectivity index (χ4v) is 3.66. The van der Waals surface area contributed by atoms with Crippen LogP contribution in [0.15, 0.2) is 67.1 Å². The second-order valence-electron chi connectivity index (χ2n) is 6.10. The summed E-state index contributed by atoms with van der Waals surface area (Å²) in [6.45, 7) is 0. The van der Waals surface area contributed by atoms with Gasteiger partial charge in [0.25, 0.3) is 0 Å². The number of nitrogens with one attached hydrogen (secondary N) is 1. The summed E-state index contributed by atoms with van der Waals surface area (Å²) in [5.41, 5.74) is 2.71. The van der Waals surface area contributed by atoms with Crippen LogP contribution in [0.5, 0.6) is 5.75 Å². The summed E-state index contributed by atoms with van der Waals surface area (Å²) in [4.78, 5) is 6.48. The third-order valence-electron chi connectivity index (χ3n) is 4.44. The first-order valence-corrected chi connectivity index (χ1v) is 8.46. The van der Waals surface area contributed by atoms with E-state index < -0.39 is 0 Å². The molecule has 1 aromatic carbocycles. The van der Waals surface area contributed by atoms with Crippen LogP contribution < -0.4 is 10.2 Å². The van der Waals surface area contributed by atoms with Crippen LogP contribution in [-0.4, -0.2) is 19.8 Å². The van der Waals surface area contributed by atoms with E-state index in [-0.39, 0.29) is 17.8 Å². The van der Waals surface area contributed by atoms with Gasteiger partial charge in [0.15, 0.2) is 5.11 Å². The lowest BCUT2D eigenvalue weighted by atomic mass is 9.98. The molecule has 3 heterocycles. The maximum atomic E-state index is 10.4. The molecule has 4 rings (SSSR count). The number of aromatic nitrogens is 2. The number of phenols is 1. The summed E-state index contributed by atoms with van der Waals surface area (Å²) in [5.74, 6) is 0.203. The van der Waals surface area contributed by atoms with Crippen LogP contribution in [0.2, 0.25) is 0 Å². The second-order valence-corrected chi connectivity index (χ2v) is 6.48. The third-order valence-corrected chi connectivity index (χ3v) is 4.75. The molecule has 5 nitrogen and oxygen atoms in total. The Morgan fingerprint density at radius 3 is 2.60 bits per heavy atom. The average molecular weight is 350 g/mol. The molecule has 0 aliphatic carbocycles. The molecule has 6 heteroatoms. The Hall–Kier alpha value is -2.86. The Balaban J connectivity index is 1.85. The van der Waals surface area contributed by atoms with Gasteiger partial charge in [-0.3, -0.25) is 4.98 Å². The Kier molecular flexibility index (Phi) is 3.89. The molecule has 0 saturated carbocycles. The lowest BCUT2D eigenvalue weighted by molar-refractivity contribution is 0.473. The number of aryl methyl sites for hydroxylation is 1. The van der Waals surface area contributed by atoms with Crippen molar-refractivity contribution in [2.45, 2.75) is 12.1 Å². The fourth-order valence-electron chi connectivity index (χ4n) is 3.32. The first kappa shape index (κ1) is 15.7. The lowest BCUT2D eigenvalue weighted by Crippen LogP contribution is -2.29. The van der Waals surface area contributed by atoms with Crippen molar-refractivity contribution in [2.75, 3.05) is 4.90 Å². The summed E-state index contributed by atoms with van der Waals surface area (Å²) >= 11 is 5.61. The number of hydrogen-bond donors (Lipinski definition) is 2. The molecule has 1 aliphatic heterocycles. The average Bonchev–Trinajstić information content (AvgIpc) is 3.19. The second kappa shape index (κ2) is 6.22. The van der Waals surface area contributed by atoms with Crippen molar-refractivity contribution in [3.63, 3.8) is 0 Å². The van der Waals surface area contributed by atoms with Gasteiger partial charge >= 0.3 is 0 Å². The molecular weight excluding hydrogens is 332 g/mol. The van der Waals surface area contributed by atoms with Crippen LogP contribution in [0.1, 0.15) is 23.3 Å². The van der Waals surface area contributed by atoms with E-state index in [1.54, 1.807) is 18.3 Å². The molecule has 2 aromatic heterocycles. The lowest BCUT2D eigenvalue weighted by Gasteiger charge is -2.27. The third kappa shape index (κ3) is 2.74. The van der Waals surface area contributed by atoms with Crippen molar-refractivity contribution in [1.29, 1.82) is 0 Å². The van der Waals surface area contributed by atoms with Gasteiger partial charge in [0.2, 0.25) is 0 Å². The van der Waals surface area contributed by atoms with Gasteiger partial charge in [-0.25, -0.2) is 0 Å². The molecule has 1 aliphatic rings. The molecule has 2 N–H and O–H groups in total. The van der Waals surface area contributed by atoms with Crippen LogP contribution in [0.3, 0.4) is 0 Å². The van der Waals surface area contributed by atoms with Crippen molar-refractivity contribution < 1.29 is 5.11 Å². The van der Waals surface area contributed by atoms with Crippen LogP contribution in [0.4, 0.5) is 5.69 Å². The fraction of sp³-hybridized carbons (Fsp3) is 0.158. The van der Waals surface area contributed by atoms with Crippen LogP contribution in [-0.2, 0) is 7.05 Å². The molecule has 0 radical (unpaired) electrons. The van der Waals surface area contributed by atoms with E-state index in [1.807, 2.05) is 53.0 Å². The predicted molar refractivity (Wildman–Crippen MR) is 101 cm³/mol. The Labute approximate surface area is 151 Å². The molecular formula is C19H18N4OS. The molecule has 3 aromatic rings. The zero-order valence-corrected chi connectivity index (χ0v) is 14.5. The smallest absolute Gasteiger partial charge is 0.174 e. The van der Waals surface area contributed by atoms with Gasteiger partial charge < -0.3 is 19.9 Å². The summed E-state index contributed by atoms with van der Waals surface area (Å²) < 4.78 is 2.01. The van der Waals surface area contributed by atoms with E-state index in [0.717, 1.165) is 11.3 Å². The summed E-state index contributed by atoms with van der Waals surface area (Å²) in [6.07, 6.45) is 5.86. The summed E-state index contributed by atoms with van der Waals surface area (Å²) in [6, 6.07) is 15.0. The minimum absolute atomic E-state index is 0.100. The van der Waals surface area contributed by atoms with E-state index in [2.05, 4.69) is 22.6 Å². The molecule has 0 spiro atoms. The predicted octanol–water partition coefficient (Wildman–Crippen LogP) is 3.30. The van der Waals surface area contributed by atoms with Crippen molar-refractivity contribution in [1.82, 2.24) is 14.9 Å². The van der Waals surface area contributed by atoms with E-state index in [1.165, 1.54) is 0 Å². The number of para-hydroxylation sites is 2. The van der Waals surface area contributed by atoms with Gasteiger partial charge in [0.05, 0.1) is 23.5 Å². The molecule has 126 valence electrons. The summed E-state index contributed by atoms with van der Waals surface area (Å²) in [7, 11) is 1.99. The highest BCUT2D eigenvalue weighted by Gasteiger charge is 2.41. The Morgan fingerprint density at radius 2 is 1.92 bits per heavy atom. The molecule has 1 saturated heterocycles. The molecule has 2 atom stereocenters. The number of thiocarbonyl (C=S) groups is 1. The molecule has 1 fully saturated rings. The minimum Gasteiger partial charge on any atom is -0.506 e. The summed E-state index contributed by atoms with van der Waals surface area (Å²) in [5, 5.41) is 14.3. The SMILES string of the molecule is Cn1ccc([C@H]2[C@H](c3ccccn3)NC(=S)N2c2ccccc2O)c1. The molecule has 0 unspecified atom stereocenters. The quantitative estimate of drug-likeness (QED) is 0.710. The largest absolute Gasteiger partial charge is 0.506 e. The van der Waals surface area contributed by atoms with E-state index in [0.29, 0.717) is 10.8 Å². The number of pyridine rings is 1. The van der Waals surface area contributed by atoms with E-state index >= 15 is 0 Å². The molecule has 0 amide bonds. The van der Waals surface area contributed by atoms with Crippen LogP contribution in [0.25, 0.3) is 0 Å². The Morgan fingerprint density at radius 1 is 1.12 bits per heavy atom.